The Morgan fingerprint density at radius 2 is 1.95 bits per heavy atom. The van der Waals surface area contributed by atoms with Crippen molar-refractivity contribution in [1.29, 1.82) is 0 Å². The number of benzene rings is 1. The van der Waals surface area contributed by atoms with Gasteiger partial charge in [-0.2, -0.15) is 0 Å². The van der Waals surface area contributed by atoms with Crippen LogP contribution in [0.3, 0.4) is 0 Å². The lowest BCUT2D eigenvalue weighted by atomic mass is 10.2. The summed E-state index contributed by atoms with van der Waals surface area (Å²) >= 11 is 5.08. The van der Waals surface area contributed by atoms with Crippen LogP contribution in [0.1, 0.15) is 43.5 Å². The number of thiocarbonyl (C=S) groups is 1. The molecule has 0 fully saturated rings. The smallest absolute Gasteiger partial charge is 0.340 e. The zero-order valence-electron chi connectivity index (χ0n) is 12.3. The summed E-state index contributed by atoms with van der Waals surface area (Å²) in [4.78, 5) is 23.4. The third-order valence-electron chi connectivity index (χ3n) is 2.68. The zero-order valence-corrected chi connectivity index (χ0v) is 13.1. The second-order valence-corrected chi connectivity index (χ2v) is 4.78. The van der Waals surface area contributed by atoms with Crippen molar-refractivity contribution in [3.8, 4) is 0 Å². The summed E-state index contributed by atoms with van der Waals surface area (Å²) in [6.45, 7) is 4.05. The van der Waals surface area contributed by atoms with Gasteiger partial charge in [0.1, 0.15) is 0 Å². The Kier molecular flexibility index (Phi) is 7.39. The third-order valence-corrected chi connectivity index (χ3v) is 2.89. The molecule has 1 rings (SSSR count). The Bertz CT molecular complexity index is 517. The molecule has 0 radical (unpaired) electrons. The van der Waals surface area contributed by atoms with E-state index >= 15 is 0 Å². The SMILES string of the molecule is CCCCC(=O)NC(=S)Nc1ccccc1C(=O)OCC. The molecule has 1 aromatic rings. The van der Waals surface area contributed by atoms with Gasteiger partial charge in [0.2, 0.25) is 5.91 Å². The van der Waals surface area contributed by atoms with E-state index in [-0.39, 0.29) is 11.0 Å². The first-order valence-corrected chi connectivity index (χ1v) is 7.36. The number of unbranched alkanes of at least 4 members (excludes halogenated alkanes) is 1. The van der Waals surface area contributed by atoms with Gasteiger partial charge >= 0.3 is 5.97 Å². The molecule has 6 heteroatoms. The minimum atomic E-state index is -0.430. The highest BCUT2D eigenvalue weighted by atomic mass is 32.1. The van der Waals surface area contributed by atoms with E-state index < -0.39 is 5.97 Å². The Morgan fingerprint density at radius 3 is 2.62 bits per heavy atom. The molecule has 0 aliphatic carbocycles. The van der Waals surface area contributed by atoms with Crippen LogP contribution in [0.2, 0.25) is 0 Å². The van der Waals surface area contributed by atoms with Crippen molar-refractivity contribution in [2.75, 3.05) is 11.9 Å². The maximum atomic E-state index is 11.8. The van der Waals surface area contributed by atoms with Gasteiger partial charge in [-0.15, -0.1) is 0 Å². The van der Waals surface area contributed by atoms with Gasteiger partial charge in [0.15, 0.2) is 5.11 Å². The Balaban J connectivity index is 2.68. The van der Waals surface area contributed by atoms with Crippen molar-refractivity contribution < 1.29 is 14.3 Å². The van der Waals surface area contributed by atoms with Crippen LogP contribution in [0.15, 0.2) is 24.3 Å². The summed E-state index contributed by atoms with van der Waals surface area (Å²) in [5, 5.41) is 5.62. The first-order valence-electron chi connectivity index (χ1n) is 6.95. The molecule has 0 aromatic heterocycles. The maximum absolute atomic E-state index is 11.8. The zero-order chi connectivity index (χ0) is 15.7. The molecule has 0 bridgehead atoms. The fourth-order valence-electron chi connectivity index (χ4n) is 1.66. The summed E-state index contributed by atoms with van der Waals surface area (Å²) in [5.41, 5.74) is 0.890. The van der Waals surface area contributed by atoms with Gasteiger partial charge in [0, 0.05) is 6.42 Å². The molecule has 0 saturated heterocycles. The number of carbonyl (C=O) groups excluding carboxylic acids is 2. The quantitative estimate of drug-likeness (QED) is 0.625. The van der Waals surface area contributed by atoms with Crippen LogP contribution in [0.25, 0.3) is 0 Å². The Hall–Kier alpha value is -1.95. The molecule has 0 saturated carbocycles. The summed E-state index contributed by atoms with van der Waals surface area (Å²) in [6, 6.07) is 6.85. The molecular formula is C15H20N2O3S. The molecule has 1 aromatic carbocycles. The van der Waals surface area contributed by atoms with Gasteiger partial charge in [0.05, 0.1) is 17.9 Å². The molecule has 0 unspecified atom stereocenters. The van der Waals surface area contributed by atoms with E-state index in [9.17, 15) is 9.59 Å². The largest absolute Gasteiger partial charge is 0.462 e. The number of rotatable bonds is 6. The van der Waals surface area contributed by atoms with Crippen LogP contribution in [-0.2, 0) is 9.53 Å². The molecule has 0 atom stereocenters. The van der Waals surface area contributed by atoms with E-state index in [1.165, 1.54) is 0 Å². The summed E-state index contributed by atoms with van der Waals surface area (Å²) in [7, 11) is 0. The second-order valence-electron chi connectivity index (χ2n) is 4.37. The lowest BCUT2D eigenvalue weighted by molar-refractivity contribution is -0.119. The topological polar surface area (TPSA) is 67.4 Å². The first-order chi connectivity index (χ1) is 10.1. The first kappa shape index (κ1) is 17.1. The van der Waals surface area contributed by atoms with Crippen LogP contribution >= 0.6 is 12.2 Å². The standard InChI is InChI=1S/C15H20N2O3S/c1-3-5-10-13(18)17-15(21)16-12-9-7-6-8-11(12)14(19)20-4-2/h6-9H,3-5,10H2,1-2H3,(H2,16,17,18,21). The Morgan fingerprint density at radius 1 is 1.24 bits per heavy atom. The summed E-state index contributed by atoms with van der Waals surface area (Å²) < 4.78 is 4.97. The van der Waals surface area contributed by atoms with E-state index in [4.69, 9.17) is 17.0 Å². The fraction of sp³-hybridized carbons (Fsp3) is 0.400. The molecule has 114 valence electrons. The maximum Gasteiger partial charge on any atom is 0.340 e. The van der Waals surface area contributed by atoms with Crippen LogP contribution in [-0.4, -0.2) is 23.6 Å². The molecule has 1 amide bonds. The van der Waals surface area contributed by atoms with Crippen LogP contribution < -0.4 is 10.6 Å². The lowest BCUT2D eigenvalue weighted by Crippen LogP contribution is -2.34. The average Bonchev–Trinajstić information content (AvgIpc) is 2.45. The van der Waals surface area contributed by atoms with E-state index in [0.29, 0.717) is 24.3 Å². The van der Waals surface area contributed by atoms with Crippen molar-refractivity contribution in [2.24, 2.45) is 0 Å². The third kappa shape index (κ3) is 5.91. The van der Waals surface area contributed by atoms with Gasteiger partial charge in [0.25, 0.3) is 0 Å². The number of nitrogens with one attached hydrogen (secondary N) is 2. The van der Waals surface area contributed by atoms with E-state index in [2.05, 4.69) is 10.6 Å². The molecule has 21 heavy (non-hydrogen) atoms. The number of anilines is 1. The molecule has 2 N–H and O–H groups in total. The van der Waals surface area contributed by atoms with E-state index in [1.807, 2.05) is 6.92 Å². The number of carbonyl (C=O) groups is 2. The normalized spacial score (nSPS) is 9.81. The molecule has 0 spiro atoms. The predicted octanol–water partition coefficient (Wildman–Crippen LogP) is 2.87. The number of para-hydroxylation sites is 1. The monoisotopic (exact) mass is 308 g/mol. The summed E-state index contributed by atoms with van der Waals surface area (Å²) in [6.07, 6.45) is 2.19. The molecule has 0 aliphatic heterocycles. The highest BCUT2D eigenvalue weighted by Gasteiger charge is 2.13. The highest BCUT2D eigenvalue weighted by Crippen LogP contribution is 2.16. The van der Waals surface area contributed by atoms with Crippen LogP contribution in [0.5, 0.6) is 0 Å². The van der Waals surface area contributed by atoms with E-state index in [0.717, 1.165) is 12.8 Å². The van der Waals surface area contributed by atoms with Crippen LogP contribution in [0, 0.1) is 0 Å². The van der Waals surface area contributed by atoms with Gasteiger partial charge in [-0.3, -0.25) is 4.79 Å². The minimum Gasteiger partial charge on any atom is -0.462 e. The predicted molar refractivity (Wildman–Crippen MR) is 86.3 cm³/mol. The van der Waals surface area contributed by atoms with Crippen LogP contribution in [0.4, 0.5) is 5.69 Å². The number of amides is 1. The van der Waals surface area contributed by atoms with Crippen molar-refractivity contribution in [3.05, 3.63) is 29.8 Å². The lowest BCUT2D eigenvalue weighted by Gasteiger charge is -2.12. The molecule has 5 nitrogen and oxygen atoms in total. The molecular weight excluding hydrogens is 288 g/mol. The Labute approximate surface area is 130 Å². The molecule has 0 heterocycles. The van der Waals surface area contributed by atoms with Crippen molar-refractivity contribution in [1.82, 2.24) is 5.32 Å². The number of hydrogen-bond donors (Lipinski definition) is 2. The van der Waals surface area contributed by atoms with E-state index in [1.54, 1.807) is 31.2 Å². The van der Waals surface area contributed by atoms with Gasteiger partial charge in [-0.05, 0) is 37.7 Å². The van der Waals surface area contributed by atoms with Gasteiger partial charge in [-0.25, -0.2) is 4.79 Å². The highest BCUT2D eigenvalue weighted by molar-refractivity contribution is 7.80. The van der Waals surface area contributed by atoms with Crippen molar-refractivity contribution in [2.45, 2.75) is 33.1 Å². The second kappa shape index (κ2) is 9.07. The number of ether oxygens (including phenoxy) is 1. The van der Waals surface area contributed by atoms with Crippen molar-refractivity contribution >= 4 is 34.9 Å². The average molecular weight is 308 g/mol. The van der Waals surface area contributed by atoms with Gasteiger partial charge < -0.3 is 15.4 Å². The van der Waals surface area contributed by atoms with Gasteiger partial charge in [-0.1, -0.05) is 25.5 Å². The number of esters is 1. The van der Waals surface area contributed by atoms with Crippen molar-refractivity contribution in [3.63, 3.8) is 0 Å². The molecule has 0 aliphatic rings. The number of hydrogen-bond acceptors (Lipinski definition) is 4. The fourth-order valence-corrected chi connectivity index (χ4v) is 1.88. The summed E-state index contributed by atoms with van der Waals surface area (Å²) in [5.74, 6) is -0.566. The minimum absolute atomic E-state index is 0.136.